The van der Waals surface area contributed by atoms with Gasteiger partial charge in [0.2, 0.25) is 5.95 Å². The summed E-state index contributed by atoms with van der Waals surface area (Å²) in [4.78, 5) is 25.7. The van der Waals surface area contributed by atoms with Crippen molar-refractivity contribution in [3.05, 3.63) is 125 Å². The minimum atomic E-state index is -0.302. The third kappa shape index (κ3) is 7.83. The SMILES string of the molecule is COc1ccc(C2C=NN=N2)cc1C(=O)N(C)CC(CCN1CCCN(c2nc3ccccc3n2Cc2ccc(F)cc2)CC1)c1ccccc1. The van der Waals surface area contributed by atoms with E-state index in [-0.39, 0.29) is 23.7 Å². The van der Waals surface area contributed by atoms with Crippen LogP contribution in [-0.2, 0) is 6.54 Å². The normalized spacial score (nSPS) is 16.8. The Morgan fingerprint density at radius 3 is 2.55 bits per heavy atom. The molecule has 262 valence electrons. The molecule has 2 atom stereocenters. The summed E-state index contributed by atoms with van der Waals surface area (Å²) in [5.74, 6) is 1.29. The number of likely N-dealkylation sites (N-methyl/N-ethyl adjacent to an activating group) is 1. The van der Waals surface area contributed by atoms with Gasteiger partial charge in [0, 0.05) is 39.1 Å². The number of carbonyl (C=O) groups is 1. The monoisotopic (exact) mass is 686 g/mol. The molecule has 2 unspecified atom stereocenters. The van der Waals surface area contributed by atoms with Gasteiger partial charge in [-0.3, -0.25) is 4.79 Å². The molecule has 0 radical (unpaired) electrons. The second kappa shape index (κ2) is 15.6. The minimum absolute atomic E-state index is 0.101. The van der Waals surface area contributed by atoms with E-state index < -0.39 is 0 Å². The van der Waals surface area contributed by atoms with Crippen molar-refractivity contribution in [2.45, 2.75) is 31.3 Å². The molecule has 5 aromatic rings. The lowest BCUT2D eigenvalue weighted by Gasteiger charge is -2.28. The summed E-state index contributed by atoms with van der Waals surface area (Å²) in [5.41, 5.74) is 5.63. The maximum atomic E-state index is 13.9. The second-order valence-corrected chi connectivity index (χ2v) is 13.3. The highest BCUT2D eigenvalue weighted by Crippen LogP contribution is 2.30. The maximum Gasteiger partial charge on any atom is 0.257 e. The summed E-state index contributed by atoms with van der Waals surface area (Å²) in [6.07, 6.45) is 3.58. The number of rotatable bonds is 12. The summed E-state index contributed by atoms with van der Waals surface area (Å²) in [5, 5.41) is 11.7. The van der Waals surface area contributed by atoms with E-state index in [2.05, 4.69) is 66.2 Å². The topological polar surface area (TPSA) is 90.9 Å². The molecule has 0 N–H and O–H groups in total. The highest BCUT2D eigenvalue weighted by atomic mass is 19.1. The first kappa shape index (κ1) is 34.0. The van der Waals surface area contributed by atoms with E-state index in [1.54, 1.807) is 18.2 Å². The van der Waals surface area contributed by atoms with E-state index in [0.717, 1.165) is 73.7 Å². The smallest absolute Gasteiger partial charge is 0.257 e. The minimum Gasteiger partial charge on any atom is -0.496 e. The van der Waals surface area contributed by atoms with E-state index in [1.807, 2.05) is 55.6 Å². The van der Waals surface area contributed by atoms with Crippen molar-refractivity contribution < 1.29 is 13.9 Å². The molecule has 1 aromatic heterocycles. The number of aromatic nitrogens is 2. The average Bonchev–Trinajstić information content (AvgIpc) is 3.77. The number of hydrogen-bond donors (Lipinski definition) is 0. The van der Waals surface area contributed by atoms with Crippen LogP contribution < -0.4 is 9.64 Å². The molecule has 0 bridgehead atoms. The molecule has 1 amide bonds. The van der Waals surface area contributed by atoms with Crippen molar-refractivity contribution >= 4 is 29.1 Å². The third-order valence-electron chi connectivity index (χ3n) is 9.90. The van der Waals surface area contributed by atoms with Crippen molar-refractivity contribution in [3.63, 3.8) is 0 Å². The van der Waals surface area contributed by atoms with E-state index >= 15 is 0 Å². The van der Waals surface area contributed by atoms with Gasteiger partial charge in [0.05, 0.1) is 36.5 Å². The molecule has 10 nitrogen and oxygen atoms in total. The van der Waals surface area contributed by atoms with Gasteiger partial charge >= 0.3 is 0 Å². The van der Waals surface area contributed by atoms with Crippen LogP contribution >= 0.6 is 0 Å². The van der Waals surface area contributed by atoms with Crippen molar-refractivity contribution in [2.24, 2.45) is 15.4 Å². The zero-order valence-electron chi connectivity index (χ0n) is 29.1. The van der Waals surface area contributed by atoms with Gasteiger partial charge in [-0.25, -0.2) is 9.37 Å². The van der Waals surface area contributed by atoms with Crippen LogP contribution in [0.4, 0.5) is 10.3 Å². The highest BCUT2D eigenvalue weighted by Gasteiger charge is 2.25. The average molecular weight is 687 g/mol. The van der Waals surface area contributed by atoms with Gasteiger partial charge in [-0.2, -0.15) is 5.11 Å². The zero-order valence-corrected chi connectivity index (χ0v) is 29.1. The lowest BCUT2D eigenvalue weighted by atomic mass is 9.94. The fourth-order valence-corrected chi connectivity index (χ4v) is 7.11. The largest absolute Gasteiger partial charge is 0.496 e. The highest BCUT2D eigenvalue weighted by molar-refractivity contribution is 5.97. The standard InChI is InChI=1S/C40H43FN8O2/c1-46(39(50)34-25-31(15-18-38(34)51-2)36-26-42-45-44-36)28-32(30-9-4-3-5-10-30)19-22-47-20-8-21-48(24-23-47)40-43-35-11-6-7-12-37(35)49(40)27-29-13-16-33(41)17-14-29/h3-7,9-18,25-26,32,36H,8,19-24,27-28H2,1-2H3. The molecular weight excluding hydrogens is 643 g/mol. The van der Waals surface area contributed by atoms with Crippen LogP contribution in [0, 0.1) is 5.82 Å². The predicted molar refractivity (Wildman–Crippen MR) is 198 cm³/mol. The Bertz CT molecular complexity index is 2000. The number of amides is 1. The van der Waals surface area contributed by atoms with E-state index in [1.165, 1.54) is 17.7 Å². The Morgan fingerprint density at radius 2 is 1.76 bits per heavy atom. The summed E-state index contributed by atoms with van der Waals surface area (Å²) in [6.45, 7) is 5.73. The molecule has 1 fully saturated rings. The number of carbonyl (C=O) groups excluding carboxylic acids is 1. The molecule has 4 aromatic carbocycles. The molecule has 2 aliphatic heterocycles. The van der Waals surface area contributed by atoms with Crippen LogP contribution in [0.25, 0.3) is 11.0 Å². The Morgan fingerprint density at radius 1 is 0.961 bits per heavy atom. The fourth-order valence-electron chi connectivity index (χ4n) is 7.11. The quantitative estimate of drug-likeness (QED) is 0.139. The van der Waals surface area contributed by atoms with Gasteiger partial charge in [0.1, 0.15) is 17.6 Å². The second-order valence-electron chi connectivity index (χ2n) is 13.3. The van der Waals surface area contributed by atoms with Gasteiger partial charge in [-0.1, -0.05) is 60.7 Å². The first-order valence-electron chi connectivity index (χ1n) is 17.6. The Hall–Kier alpha value is -5.42. The molecule has 11 heteroatoms. The molecule has 0 spiro atoms. The van der Waals surface area contributed by atoms with Crippen LogP contribution in [0.3, 0.4) is 0 Å². The van der Waals surface area contributed by atoms with Gasteiger partial charge in [-0.05, 0) is 84.2 Å². The number of hydrogen-bond acceptors (Lipinski definition) is 8. The number of ether oxygens (including phenoxy) is 1. The first-order chi connectivity index (χ1) is 25.0. The molecule has 3 heterocycles. The van der Waals surface area contributed by atoms with Gasteiger partial charge in [-0.15, -0.1) is 5.10 Å². The van der Waals surface area contributed by atoms with Crippen molar-refractivity contribution in [1.29, 1.82) is 0 Å². The van der Waals surface area contributed by atoms with E-state index in [4.69, 9.17) is 9.72 Å². The van der Waals surface area contributed by atoms with Gasteiger partial charge < -0.3 is 24.0 Å². The molecular formula is C40H43FN8O2. The van der Waals surface area contributed by atoms with Crippen molar-refractivity contribution in [1.82, 2.24) is 19.4 Å². The van der Waals surface area contributed by atoms with Crippen LogP contribution in [0.1, 0.15) is 51.8 Å². The summed E-state index contributed by atoms with van der Waals surface area (Å²) >= 11 is 0. The van der Waals surface area contributed by atoms with Gasteiger partial charge in [0.15, 0.2) is 0 Å². The summed E-state index contributed by atoms with van der Waals surface area (Å²) in [7, 11) is 3.45. The number of para-hydroxylation sites is 2. The van der Waals surface area contributed by atoms with E-state index in [0.29, 0.717) is 24.4 Å². The van der Waals surface area contributed by atoms with Crippen LogP contribution in [-0.4, -0.2) is 84.9 Å². The van der Waals surface area contributed by atoms with E-state index in [9.17, 15) is 9.18 Å². The Kier molecular flexibility index (Phi) is 10.4. The number of anilines is 1. The Balaban J connectivity index is 1.04. The lowest BCUT2D eigenvalue weighted by Crippen LogP contribution is -2.35. The van der Waals surface area contributed by atoms with Crippen LogP contribution in [0.5, 0.6) is 5.75 Å². The molecule has 0 aliphatic carbocycles. The predicted octanol–water partition coefficient (Wildman–Crippen LogP) is 7.18. The Labute approximate surface area is 297 Å². The summed E-state index contributed by atoms with van der Waals surface area (Å²) < 4.78 is 21.5. The number of fused-ring (bicyclic) bond motifs is 1. The number of halogens is 1. The molecule has 2 aliphatic rings. The molecule has 1 saturated heterocycles. The molecule has 51 heavy (non-hydrogen) atoms. The molecule has 7 rings (SSSR count). The van der Waals surface area contributed by atoms with Crippen LogP contribution in [0.15, 0.2) is 113 Å². The lowest BCUT2D eigenvalue weighted by molar-refractivity contribution is 0.0779. The maximum absolute atomic E-state index is 13.9. The number of methoxy groups -OCH3 is 1. The number of benzene rings is 4. The fraction of sp³-hybridized carbons (Fsp3) is 0.325. The third-order valence-corrected chi connectivity index (χ3v) is 9.90. The van der Waals surface area contributed by atoms with Crippen molar-refractivity contribution in [3.8, 4) is 5.75 Å². The molecule has 0 saturated carbocycles. The summed E-state index contributed by atoms with van der Waals surface area (Å²) in [6, 6.07) is 30.7. The number of nitrogens with zero attached hydrogens (tertiary/aromatic N) is 8. The van der Waals surface area contributed by atoms with Crippen LogP contribution in [0.2, 0.25) is 0 Å². The number of imidazole rings is 1. The first-order valence-corrected chi connectivity index (χ1v) is 17.6. The zero-order chi connectivity index (χ0) is 35.2. The van der Waals surface area contributed by atoms with Gasteiger partial charge in [0.25, 0.3) is 5.91 Å². The van der Waals surface area contributed by atoms with Crippen molar-refractivity contribution in [2.75, 3.05) is 58.3 Å².